The molecule has 28 heavy (non-hydrogen) atoms. The second-order valence-electron chi connectivity index (χ2n) is 6.61. The number of methoxy groups -OCH3 is 2. The second kappa shape index (κ2) is 9.32. The first-order chi connectivity index (χ1) is 13.6. The molecule has 0 fully saturated rings. The monoisotopic (exact) mass is 488 g/mol. The molecule has 0 N–H and O–H groups in total. The van der Waals surface area contributed by atoms with Crippen molar-refractivity contribution < 1.29 is 14.2 Å². The number of hydrogen-bond acceptors (Lipinski definition) is 3. The molecular formula is C24H25IO3. The van der Waals surface area contributed by atoms with Crippen LogP contribution in [0.4, 0.5) is 0 Å². The first kappa shape index (κ1) is 20.5. The molecule has 0 heterocycles. The van der Waals surface area contributed by atoms with Crippen LogP contribution in [0.2, 0.25) is 0 Å². The van der Waals surface area contributed by atoms with Gasteiger partial charge in [0, 0.05) is 3.57 Å². The number of rotatable bonds is 7. The number of benzene rings is 3. The molecular weight excluding hydrogens is 463 g/mol. The molecule has 0 spiro atoms. The quantitative estimate of drug-likeness (QED) is 0.270. The molecule has 0 amide bonds. The summed E-state index contributed by atoms with van der Waals surface area (Å²) in [5, 5.41) is 2.47. The third-order valence-electron chi connectivity index (χ3n) is 4.74. The lowest BCUT2D eigenvalue weighted by molar-refractivity contribution is 0.198. The Kier molecular flexibility index (Phi) is 6.83. The molecule has 0 saturated heterocycles. The van der Waals surface area contributed by atoms with E-state index in [9.17, 15) is 0 Å². The van der Waals surface area contributed by atoms with Crippen LogP contribution < -0.4 is 14.2 Å². The zero-order chi connectivity index (χ0) is 20.1. The van der Waals surface area contributed by atoms with Gasteiger partial charge in [0.05, 0.1) is 20.3 Å². The third-order valence-corrected chi connectivity index (χ3v) is 5.68. The number of ether oxygens (including phenoxy) is 3. The van der Waals surface area contributed by atoms with Crippen molar-refractivity contribution in [1.29, 1.82) is 0 Å². The Morgan fingerprint density at radius 2 is 1.64 bits per heavy atom. The normalized spacial score (nSPS) is 12.3. The van der Waals surface area contributed by atoms with Crippen LogP contribution in [0.25, 0.3) is 22.9 Å². The van der Waals surface area contributed by atoms with Gasteiger partial charge in [0.2, 0.25) is 5.75 Å². The average Bonchev–Trinajstić information content (AvgIpc) is 2.73. The van der Waals surface area contributed by atoms with Crippen molar-refractivity contribution in [2.45, 2.75) is 26.4 Å². The number of halogens is 1. The summed E-state index contributed by atoms with van der Waals surface area (Å²) in [6.07, 6.45) is 5.23. The second-order valence-corrected chi connectivity index (χ2v) is 7.77. The minimum atomic E-state index is 0.0847. The van der Waals surface area contributed by atoms with E-state index in [1.165, 1.54) is 19.9 Å². The van der Waals surface area contributed by atoms with Gasteiger partial charge >= 0.3 is 0 Å². The molecule has 3 rings (SSSR count). The summed E-state index contributed by atoms with van der Waals surface area (Å²) >= 11 is 2.38. The van der Waals surface area contributed by atoms with Crippen molar-refractivity contribution in [3.05, 3.63) is 63.2 Å². The molecule has 1 atom stereocenters. The number of fused-ring (bicyclic) bond motifs is 1. The molecule has 3 nitrogen and oxygen atoms in total. The van der Waals surface area contributed by atoms with Gasteiger partial charge in [0.25, 0.3) is 0 Å². The zero-order valence-electron chi connectivity index (χ0n) is 16.7. The topological polar surface area (TPSA) is 27.7 Å². The Hall–Kier alpha value is -2.21. The molecule has 3 aromatic rings. The average molecular weight is 488 g/mol. The Bertz CT molecular complexity index is 969. The van der Waals surface area contributed by atoms with Gasteiger partial charge < -0.3 is 14.2 Å². The van der Waals surface area contributed by atoms with Gasteiger partial charge in [-0.05, 0) is 76.0 Å². The smallest absolute Gasteiger partial charge is 0.203 e. The van der Waals surface area contributed by atoms with E-state index in [2.05, 4.69) is 78.1 Å². The SMILES string of the molecule is CCC(C)Oc1c(OC)cc(C=Cc2c(I)ccc3ccccc23)cc1OC. The van der Waals surface area contributed by atoms with Crippen LogP contribution in [-0.4, -0.2) is 20.3 Å². The van der Waals surface area contributed by atoms with Gasteiger partial charge in [-0.2, -0.15) is 0 Å². The first-order valence-electron chi connectivity index (χ1n) is 9.35. The third kappa shape index (κ3) is 4.43. The van der Waals surface area contributed by atoms with E-state index in [0.29, 0.717) is 17.2 Å². The van der Waals surface area contributed by atoms with Gasteiger partial charge in [-0.3, -0.25) is 0 Å². The van der Waals surface area contributed by atoms with E-state index in [-0.39, 0.29) is 6.10 Å². The summed E-state index contributed by atoms with van der Waals surface area (Å²) in [6.45, 7) is 4.13. The maximum atomic E-state index is 6.03. The van der Waals surface area contributed by atoms with Gasteiger partial charge in [-0.1, -0.05) is 49.4 Å². The van der Waals surface area contributed by atoms with Crippen molar-refractivity contribution in [2.75, 3.05) is 14.2 Å². The molecule has 3 aromatic carbocycles. The highest BCUT2D eigenvalue weighted by atomic mass is 127. The number of hydrogen-bond donors (Lipinski definition) is 0. The van der Waals surface area contributed by atoms with Crippen molar-refractivity contribution in [3.8, 4) is 17.2 Å². The summed E-state index contributed by atoms with van der Waals surface area (Å²) in [6, 6.07) is 16.7. The predicted molar refractivity (Wildman–Crippen MR) is 126 cm³/mol. The van der Waals surface area contributed by atoms with Crippen molar-refractivity contribution in [1.82, 2.24) is 0 Å². The molecule has 0 aliphatic carbocycles. The molecule has 4 heteroatoms. The highest BCUT2D eigenvalue weighted by molar-refractivity contribution is 14.1. The highest BCUT2D eigenvalue weighted by Gasteiger charge is 2.16. The maximum absolute atomic E-state index is 6.03. The van der Waals surface area contributed by atoms with Gasteiger partial charge in [-0.15, -0.1) is 0 Å². The van der Waals surface area contributed by atoms with Crippen molar-refractivity contribution in [2.24, 2.45) is 0 Å². The van der Waals surface area contributed by atoms with E-state index in [0.717, 1.165) is 12.0 Å². The molecule has 1 unspecified atom stereocenters. The van der Waals surface area contributed by atoms with E-state index in [4.69, 9.17) is 14.2 Å². The van der Waals surface area contributed by atoms with E-state index in [1.807, 2.05) is 19.1 Å². The molecule has 146 valence electrons. The fraction of sp³-hybridized carbons (Fsp3) is 0.250. The largest absolute Gasteiger partial charge is 0.493 e. The Morgan fingerprint density at radius 1 is 0.964 bits per heavy atom. The van der Waals surface area contributed by atoms with Crippen LogP contribution in [-0.2, 0) is 0 Å². The molecule has 0 aromatic heterocycles. The van der Waals surface area contributed by atoms with Gasteiger partial charge in [-0.25, -0.2) is 0 Å². The van der Waals surface area contributed by atoms with Crippen LogP contribution in [0.1, 0.15) is 31.4 Å². The van der Waals surface area contributed by atoms with Crippen LogP contribution >= 0.6 is 22.6 Å². The maximum Gasteiger partial charge on any atom is 0.203 e. The summed E-state index contributed by atoms with van der Waals surface area (Å²) < 4.78 is 18.4. The van der Waals surface area contributed by atoms with Crippen molar-refractivity contribution >= 4 is 45.5 Å². The lowest BCUT2D eigenvalue weighted by Crippen LogP contribution is -2.11. The zero-order valence-corrected chi connectivity index (χ0v) is 18.8. The Labute approximate surface area is 180 Å². The van der Waals surface area contributed by atoms with Crippen LogP contribution in [0.15, 0.2) is 48.5 Å². The first-order valence-corrected chi connectivity index (χ1v) is 10.4. The summed E-state index contributed by atoms with van der Waals surface area (Å²) in [5.41, 5.74) is 2.20. The minimum Gasteiger partial charge on any atom is -0.493 e. The van der Waals surface area contributed by atoms with Gasteiger partial charge in [0.15, 0.2) is 11.5 Å². The molecule has 0 bridgehead atoms. The lowest BCUT2D eigenvalue weighted by Gasteiger charge is -2.18. The Morgan fingerprint density at radius 3 is 2.29 bits per heavy atom. The van der Waals surface area contributed by atoms with Crippen LogP contribution in [0.3, 0.4) is 0 Å². The van der Waals surface area contributed by atoms with E-state index in [1.54, 1.807) is 14.2 Å². The lowest BCUT2D eigenvalue weighted by atomic mass is 10.0. The fourth-order valence-corrected chi connectivity index (χ4v) is 3.67. The predicted octanol–water partition coefficient (Wildman–Crippen LogP) is 6.81. The molecule has 0 radical (unpaired) electrons. The Balaban J connectivity index is 2.02. The molecule has 0 aliphatic rings. The fourth-order valence-electron chi connectivity index (χ4n) is 3.02. The highest BCUT2D eigenvalue weighted by Crippen LogP contribution is 2.40. The van der Waals surface area contributed by atoms with Crippen LogP contribution in [0.5, 0.6) is 17.2 Å². The molecule has 0 saturated carbocycles. The summed E-state index contributed by atoms with van der Waals surface area (Å²) in [7, 11) is 3.30. The van der Waals surface area contributed by atoms with Gasteiger partial charge in [0.1, 0.15) is 0 Å². The summed E-state index contributed by atoms with van der Waals surface area (Å²) in [5.74, 6) is 2.00. The minimum absolute atomic E-state index is 0.0847. The summed E-state index contributed by atoms with van der Waals surface area (Å²) in [4.78, 5) is 0. The molecule has 0 aliphatic heterocycles. The van der Waals surface area contributed by atoms with Crippen LogP contribution in [0, 0.1) is 3.57 Å². The van der Waals surface area contributed by atoms with E-state index >= 15 is 0 Å². The van der Waals surface area contributed by atoms with Crippen molar-refractivity contribution in [3.63, 3.8) is 0 Å². The van der Waals surface area contributed by atoms with E-state index < -0.39 is 0 Å². The standard InChI is InChI=1S/C24H25IO3/c1-5-16(2)28-24-22(26-3)14-17(15-23(24)27-4)10-12-20-19-9-7-6-8-18(19)11-13-21(20)25/h6-16H,5H2,1-4H3.